The topological polar surface area (TPSA) is 77.0 Å². The standard InChI is InChI=1S/C12H12N2O2/c1-2-16-12-6-9(3-4-11(12)15)5-10(7-13)8-14/h3-4,6,10,15H,2,5H2,1H3. The number of benzene rings is 1. The Kier molecular flexibility index (Phi) is 4.17. The molecular weight excluding hydrogens is 204 g/mol. The maximum absolute atomic E-state index is 9.46. The monoisotopic (exact) mass is 216 g/mol. The number of hydrogen-bond donors (Lipinski definition) is 1. The maximum Gasteiger partial charge on any atom is 0.161 e. The summed E-state index contributed by atoms with van der Waals surface area (Å²) in [5, 5.41) is 26.8. The van der Waals surface area contributed by atoms with Crippen LogP contribution in [0.15, 0.2) is 18.2 Å². The van der Waals surface area contributed by atoms with Crippen molar-refractivity contribution in [3.63, 3.8) is 0 Å². The van der Waals surface area contributed by atoms with Crippen molar-refractivity contribution >= 4 is 0 Å². The van der Waals surface area contributed by atoms with Crippen LogP contribution in [0.3, 0.4) is 0 Å². The molecule has 16 heavy (non-hydrogen) atoms. The highest BCUT2D eigenvalue weighted by Gasteiger charge is 2.09. The number of nitrogens with zero attached hydrogens (tertiary/aromatic N) is 2. The van der Waals surface area contributed by atoms with Gasteiger partial charge in [-0.3, -0.25) is 0 Å². The zero-order valence-corrected chi connectivity index (χ0v) is 8.97. The van der Waals surface area contributed by atoms with Crippen molar-refractivity contribution in [3.05, 3.63) is 23.8 Å². The molecule has 0 bridgehead atoms. The average Bonchev–Trinajstić information content (AvgIpc) is 2.30. The number of nitriles is 2. The molecule has 0 saturated heterocycles. The molecule has 0 spiro atoms. The van der Waals surface area contributed by atoms with Crippen LogP contribution in [0, 0.1) is 28.6 Å². The number of ether oxygens (including phenoxy) is 1. The van der Waals surface area contributed by atoms with Gasteiger partial charge >= 0.3 is 0 Å². The van der Waals surface area contributed by atoms with Crippen LogP contribution >= 0.6 is 0 Å². The largest absolute Gasteiger partial charge is 0.504 e. The molecule has 0 radical (unpaired) electrons. The SMILES string of the molecule is CCOc1cc(CC(C#N)C#N)ccc1O. The van der Waals surface area contributed by atoms with Crippen molar-refractivity contribution < 1.29 is 9.84 Å². The molecule has 0 fully saturated rings. The molecule has 0 amide bonds. The van der Waals surface area contributed by atoms with E-state index in [1.54, 1.807) is 12.1 Å². The number of rotatable bonds is 4. The van der Waals surface area contributed by atoms with Gasteiger partial charge in [0.2, 0.25) is 0 Å². The molecule has 1 aromatic carbocycles. The predicted octanol–water partition coefficient (Wildman–Crippen LogP) is 2.00. The lowest BCUT2D eigenvalue weighted by atomic mass is 10.0. The molecule has 0 heterocycles. The molecule has 0 atom stereocenters. The first-order valence-corrected chi connectivity index (χ1v) is 4.95. The number of phenolic OH excluding ortho intramolecular Hbond substituents is 1. The van der Waals surface area contributed by atoms with Gasteiger partial charge in [-0.15, -0.1) is 0 Å². The van der Waals surface area contributed by atoms with Crippen LogP contribution in [-0.4, -0.2) is 11.7 Å². The van der Waals surface area contributed by atoms with Gasteiger partial charge in [-0.1, -0.05) is 6.07 Å². The zero-order chi connectivity index (χ0) is 12.0. The fourth-order valence-corrected chi connectivity index (χ4v) is 1.31. The van der Waals surface area contributed by atoms with E-state index in [0.29, 0.717) is 18.8 Å². The number of hydrogen-bond acceptors (Lipinski definition) is 4. The first-order valence-electron chi connectivity index (χ1n) is 4.95. The summed E-state index contributed by atoms with van der Waals surface area (Å²) in [6.45, 7) is 2.27. The average molecular weight is 216 g/mol. The lowest BCUT2D eigenvalue weighted by Crippen LogP contribution is -1.99. The maximum atomic E-state index is 9.46. The van der Waals surface area contributed by atoms with E-state index in [4.69, 9.17) is 15.3 Å². The van der Waals surface area contributed by atoms with Crippen LogP contribution in [-0.2, 0) is 6.42 Å². The summed E-state index contributed by atoms with van der Waals surface area (Å²) in [7, 11) is 0. The highest BCUT2D eigenvalue weighted by Crippen LogP contribution is 2.27. The Balaban J connectivity index is 2.87. The van der Waals surface area contributed by atoms with Crippen LogP contribution in [0.1, 0.15) is 12.5 Å². The summed E-state index contributed by atoms with van der Waals surface area (Å²) in [5.41, 5.74) is 0.800. The lowest BCUT2D eigenvalue weighted by molar-refractivity contribution is 0.317. The minimum Gasteiger partial charge on any atom is -0.504 e. The molecule has 0 aromatic heterocycles. The summed E-state index contributed by atoms with van der Waals surface area (Å²) in [5.74, 6) is -0.218. The van der Waals surface area contributed by atoms with Crippen molar-refractivity contribution in [2.45, 2.75) is 13.3 Å². The Morgan fingerprint density at radius 3 is 2.62 bits per heavy atom. The molecule has 0 aliphatic heterocycles. The molecular formula is C12H12N2O2. The molecule has 0 aliphatic rings. The van der Waals surface area contributed by atoms with E-state index >= 15 is 0 Å². The molecule has 82 valence electrons. The molecule has 1 aromatic rings. The predicted molar refractivity (Wildman–Crippen MR) is 57.7 cm³/mol. The summed E-state index contributed by atoms with van der Waals surface area (Å²) in [6, 6.07) is 8.64. The van der Waals surface area contributed by atoms with Crippen LogP contribution in [0.2, 0.25) is 0 Å². The third-order valence-electron chi connectivity index (χ3n) is 2.08. The van der Waals surface area contributed by atoms with Crippen molar-refractivity contribution in [1.82, 2.24) is 0 Å². The van der Waals surface area contributed by atoms with Crippen molar-refractivity contribution in [2.75, 3.05) is 6.61 Å². The van der Waals surface area contributed by atoms with Gasteiger partial charge in [0.05, 0.1) is 18.7 Å². The highest BCUT2D eigenvalue weighted by atomic mass is 16.5. The molecule has 1 N–H and O–H groups in total. The molecule has 0 unspecified atom stereocenters. The van der Waals surface area contributed by atoms with E-state index in [9.17, 15) is 5.11 Å². The summed E-state index contributed by atoms with van der Waals surface area (Å²) in [6.07, 6.45) is 0.341. The third-order valence-corrected chi connectivity index (χ3v) is 2.08. The molecule has 4 heteroatoms. The minimum absolute atomic E-state index is 0.0658. The van der Waals surface area contributed by atoms with Crippen LogP contribution in [0.5, 0.6) is 11.5 Å². The van der Waals surface area contributed by atoms with E-state index in [1.807, 2.05) is 19.1 Å². The summed E-state index contributed by atoms with van der Waals surface area (Å²) < 4.78 is 5.21. The van der Waals surface area contributed by atoms with Crippen molar-refractivity contribution in [1.29, 1.82) is 10.5 Å². The molecule has 1 rings (SSSR count). The van der Waals surface area contributed by atoms with Gasteiger partial charge in [0, 0.05) is 6.42 Å². The first-order chi connectivity index (χ1) is 7.71. The zero-order valence-electron chi connectivity index (χ0n) is 8.97. The first kappa shape index (κ1) is 11.9. The van der Waals surface area contributed by atoms with Crippen molar-refractivity contribution in [2.24, 2.45) is 5.92 Å². The molecule has 0 saturated carbocycles. The normalized spacial score (nSPS) is 9.50. The Labute approximate surface area is 94.3 Å². The van der Waals surface area contributed by atoms with E-state index in [1.165, 1.54) is 6.07 Å². The van der Waals surface area contributed by atoms with Gasteiger partial charge in [0.25, 0.3) is 0 Å². The van der Waals surface area contributed by atoms with E-state index in [-0.39, 0.29) is 5.75 Å². The quantitative estimate of drug-likeness (QED) is 0.834. The fourth-order valence-electron chi connectivity index (χ4n) is 1.31. The number of aromatic hydroxyl groups is 1. The van der Waals surface area contributed by atoms with Crippen LogP contribution in [0.25, 0.3) is 0 Å². The van der Waals surface area contributed by atoms with E-state index < -0.39 is 5.92 Å². The number of phenols is 1. The van der Waals surface area contributed by atoms with Crippen molar-refractivity contribution in [3.8, 4) is 23.6 Å². The van der Waals surface area contributed by atoms with Gasteiger partial charge in [-0.25, -0.2) is 0 Å². The van der Waals surface area contributed by atoms with Crippen LogP contribution in [0.4, 0.5) is 0 Å². The third kappa shape index (κ3) is 2.90. The Bertz CT molecular complexity index is 429. The minimum atomic E-state index is -0.668. The molecule has 4 nitrogen and oxygen atoms in total. The fraction of sp³-hybridized carbons (Fsp3) is 0.333. The highest BCUT2D eigenvalue weighted by molar-refractivity contribution is 5.42. The smallest absolute Gasteiger partial charge is 0.161 e. The Hall–Kier alpha value is -2.20. The van der Waals surface area contributed by atoms with Gasteiger partial charge in [-0.2, -0.15) is 10.5 Å². The lowest BCUT2D eigenvalue weighted by Gasteiger charge is -2.08. The summed E-state index contributed by atoms with van der Waals surface area (Å²) in [4.78, 5) is 0. The van der Waals surface area contributed by atoms with Gasteiger partial charge < -0.3 is 9.84 Å². The summed E-state index contributed by atoms with van der Waals surface area (Å²) >= 11 is 0. The second-order valence-electron chi connectivity index (χ2n) is 3.25. The van der Waals surface area contributed by atoms with Crippen LogP contribution < -0.4 is 4.74 Å². The molecule has 0 aliphatic carbocycles. The van der Waals surface area contributed by atoms with Gasteiger partial charge in [0.15, 0.2) is 11.5 Å². The second kappa shape index (κ2) is 5.63. The van der Waals surface area contributed by atoms with Gasteiger partial charge in [0.1, 0.15) is 5.92 Å². The van der Waals surface area contributed by atoms with E-state index in [0.717, 1.165) is 5.56 Å². The van der Waals surface area contributed by atoms with Gasteiger partial charge in [-0.05, 0) is 24.6 Å². The van der Waals surface area contributed by atoms with E-state index in [2.05, 4.69) is 0 Å². The Morgan fingerprint density at radius 2 is 2.06 bits per heavy atom. The Morgan fingerprint density at radius 1 is 1.38 bits per heavy atom. The second-order valence-corrected chi connectivity index (χ2v) is 3.25.